The van der Waals surface area contributed by atoms with Gasteiger partial charge in [0.25, 0.3) is 5.91 Å². The molecule has 0 spiro atoms. The molecule has 0 unspecified atom stereocenters. The third kappa shape index (κ3) is 3.45. The highest BCUT2D eigenvalue weighted by atomic mass is 35.5. The zero-order chi connectivity index (χ0) is 21.4. The van der Waals surface area contributed by atoms with E-state index in [-0.39, 0.29) is 5.91 Å². The predicted octanol–water partition coefficient (Wildman–Crippen LogP) is 5.29. The zero-order valence-corrected chi connectivity index (χ0v) is 17.2. The molecular formula is C23H16ClN5O2. The van der Waals surface area contributed by atoms with Crippen LogP contribution in [0.4, 0.5) is 5.69 Å². The van der Waals surface area contributed by atoms with Crippen LogP contribution in [0, 0.1) is 6.92 Å². The van der Waals surface area contributed by atoms with Crippen molar-refractivity contribution in [3.8, 4) is 17.1 Å². The fourth-order valence-electron chi connectivity index (χ4n) is 3.41. The summed E-state index contributed by atoms with van der Waals surface area (Å²) < 4.78 is 7.17. The molecule has 3 aromatic heterocycles. The number of aromatic nitrogens is 4. The Morgan fingerprint density at radius 3 is 2.65 bits per heavy atom. The van der Waals surface area contributed by atoms with Crippen molar-refractivity contribution < 1.29 is 9.32 Å². The number of fused-ring (bicyclic) bond motifs is 1. The topological polar surface area (TPSA) is 85.8 Å². The van der Waals surface area contributed by atoms with Crippen LogP contribution in [0.1, 0.15) is 16.1 Å². The largest absolute Gasteiger partial charge is 0.360 e. The lowest BCUT2D eigenvalue weighted by molar-refractivity contribution is 0.102. The molecule has 152 valence electrons. The highest BCUT2D eigenvalue weighted by Crippen LogP contribution is 2.31. The summed E-state index contributed by atoms with van der Waals surface area (Å²) >= 11 is 6.28. The van der Waals surface area contributed by atoms with Crippen LogP contribution in [0.15, 0.2) is 77.7 Å². The first-order chi connectivity index (χ1) is 15.1. The molecule has 8 heteroatoms. The van der Waals surface area contributed by atoms with Gasteiger partial charge in [-0.3, -0.25) is 9.36 Å². The number of carbonyl (C=O) groups excluding carboxylic acids is 1. The van der Waals surface area contributed by atoms with E-state index in [1.54, 1.807) is 37.6 Å². The molecule has 7 nitrogen and oxygen atoms in total. The number of halogens is 1. The minimum Gasteiger partial charge on any atom is -0.360 e. The maximum absolute atomic E-state index is 13.0. The molecule has 5 aromatic rings. The first-order valence-corrected chi connectivity index (χ1v) is 9.90. The fourth-order valence-corrected chi connectivity index (χ4v) is 3.64. The van der Waals surface area contributed by atoms with E-state index in [0.29, 0.717) is 39.1 Å². The quantitative estimate of drug-likeness (QED) is 0.419. The van der Waals surface area contributed by atoms with E-state index in [1.165, 1.54) is 0 Å². The standard InChI is InChI=1S/C23H16ClN5O2/c1-14-21(22(28-31-14)16-6-2-3-7-17(16)24)23(30)27-15-10-11-20(25-12-15)29-13-26-18-8-4-5-9-19(18)29/h2-13H,1H3,(H,27,30). The van der Waals surface area contributed by atoms with Crippen molar-refractivity contribution in [2.24, 2.45) is 0 Å². The van der Waals surface area contributed by atoms with Gasteiger partial charge in [-0.2, -0.15) is 0 Å². The number of carbonyl (C=O) groups is 1. The number of para-hydroxylation sites is 2. The van der Waals surface area contributed by atoms with Crippen LogP contribution >= 0.6 is 11.6 Å². The Morgan fingerprint density at radius 1 is 1.03 bits per heavy atom. The van der Waals surface area contributed by atoms with Gasteiger partial charge in [0.05, 0.1) is 27.9 Å². The summed E-state index contributed by atoms with van der Waals surface area (Å²) in [6, 6.07) is 18.6. The third-order valence-electron chi connectivity index (χ3n) is 4.92. The zero-order valence-electron chi connectivity index (χ0n) is 16.4. The SMILES string of the molecule is Cc1onc(-c2ccccc2Cl)c1C(=O)Nc1ccc(-n2cnc3ccccc32)nc1. The average molecular weight is 430 g/mol. The van der Waals surface area contributed by atoms with E-state index in [2.05, 4.69) is 20.4 Å². The lowest BCUT2D eigenvalue weighted by atomic mass is 10.1. The highest BCUT2D eigenvalue weighted by molar-refractivity contribution is 6.33. The molecule has 0 bridgehead atoms. The van der Waals surface area contributed by atoms with Crippen molar-refractivity contribution in [1.29, 1.82) is 0 Å². The van der Waals surface area contributed by atoms with Gasteiger partial charge in [-0.05, 0) is 37.3 Å². The van der Waals surface area contributed by atoms with E-state index in [1.807, 2.05) is 47.0 Å². The molecule has 1 amide bonds. The molecule has 3 heterocycles. The van der Waals surface area contributed by atoms with Gasteiger partial charge in [0.1, 0.15) is 29.2 Å². The maximum atomic E-state index is 13.0. The number of hydrogen-bond donors (Lipinski definition) is 1. The molecule has 0 aliphatic rings. The van der Waals surface area contributed by atoms with Crippen molar-refractivity contribution in [2.45, 2.75) is 6.92 Å². The molecule has 5 rings (SSSR count). The minimum absolute atomic E-state index is 0.331. The number of amides is 1. The molecule has 0 atom stereocenters. The van der Waals surface area contributed by atoms with E-state index in [4.69, 9.17) is 16.1 Å². The van der Waals surface area contributed by atoms with Gasteiger partial charge < -0.3 is 9.84 Å². The number of nitrogens with zero attached hydrogens (tertiary/aromatic N) is 4. The van der Waals surface area contributed by atoms with Crippen molar-refractivity contribution in [3.05, 3.63) is 89.5 Å². The molecule has 0 aliphatic carbocycles. The predicted molar refractivity (Wildman–Crippen MR) is 119 cm³/mol. The van der Waals surface area contributed by atoms with Gasteiger partial charge in [0.2, 0.25) is 0 Å². The number of rotatable bonds is 4. The smallest absolute Gasteiger partial charge is 0.261 e. The molecule has 1 N–H and O–H groups in total. The summed E-state index contributed by atoms with van der Waals surface area (Å²) in [4.78, 5) is 21.8. The molecule has 0 radical (unpaired) electrons. The van der Waals surface area contributed by atoms with Gasteiger partial charge in [0.15, 0.2) is 0 Å². The van der Waals surface area contributed by atoms with Crippen molar-refractivity contribution in [1.82, 2.24) is 19.7 Å². The lowest BCUT2D eigenvalue weighted by Crippen LogP contribution is -2.14. The van der Waals surface area contributed by atoms with Gasteiger partial charge in [-0.15, -0.1) is 0 Å². The molecule has 0 saturated carbocycles. The van der Waals surface area contributed by atoms with Crippen LogP contribution in [-0.4, -0.2) is 25.6 Å². The second kappa shape index (κ2) is 7.70. The number of nitrogens with one attached hydrogen (secondary N) is 1. The molecule has 0 aliphatic heterocycles. The van der Waals surface area contributed by atoms with Crippen LogP contribution < -0.4 is 5.32 Å². The van der Waals surface area contributed by atoms with Crippen LogP contribution in [0.25, 0.3) is 28.1 Å². The fraction of sp³-hybridized carbons (Fsp3) is 0.0435. The van der Waals surface area contributed by atoms with Crippen molar-refractivity contribution >= 4 is 34.2 Å². The molecule has 0 fully saturated rings. The number of benzene rings is 2. The normalized spacial score (nSPS) is 11.0. The van der Waals surface area contributed by atoms with Crippen molar-refractivity contribution in [3.63, 3.8) is 0 Å². The Hall–Kier alpha value is -3.97. The molecular weight excluding hydrogens is 414 g/mol. The van der Waals surface area contributed by atoms with E-state index < -0.39 is 0 Å². The molecule has 2 aromatic carbocycles. The average Bonchev–Trinajstić information content (AvgIpc) is 3.38. The summed E-state index contributed by atoms with van der Waals surface area (Å²) in [6.45, 7) is 1.69. The van der Waals surface area contributed by atoms with Crippen LogP contribution in [-0.2, 0) is 0 Å². The summed E-state index contributed by atoms with van der Waals surface area (Å²) in [7, 11) is 0. The number of hydrogen-bond acceptors (Lipinski definition) is 5. The monoisotopic (exact) mass is 429 g/mol. The number of aryl methyl sites for hydroxylation is 1. The van der Waals surface area contributed by atoms with E-state index in [0.717, 1.165) is 11.0 Å². The van der Waals surface area contributed by atoms with Gasteiger partial charge in [-0.25, -0.2) is 9.97 Å². The lowest BCUT2D eigenvalue weighted by Gasteiger charge is -2.08. The summed E-state index contributed by atoms with van der Waals surface area (Å²) in [5.74, 6) is 0.753. The van der Waals surface area contributed by atoms with Gasteiger partial charge in [0, 0.05) is 5.56 Å². The first-order valence-electron chi connectivity index (χ1n) is 9.53. The summed E-state index contributed by atoms with van der Waals surface area (Å²) in [6.07, 6.45) is 3.32. The Morgan fingerprint density at radius 2 is 1.84 bits per heavy atom. The van der Waals surface area contributed by atoms with Gasteiger partial charge >= 0.3 is 0 Å². The minimum atomic E-state index is -0.351. The Kier molecular flexibility index (Phi) is 4.72. The maximum Gasteiger partial charge on any atom is 0.261 e. The second-order valence-corrected chi connectivity index (χ2v) is 7.31. The Balaban J connectivity index is 1.42. The number of pyridine rings is 1. The van der Waals surface area contributed by atoms with E-state index >= 15 is 0 Å². The first kappa shape index (κ1) is 19.0. The van der Waals surface area contributed by atoms with E-state index in [9.17, 15) is 4.79 Å². The van der Waals surface area contributed by atoms with Crippen LogP contribution in [0.3, 0.4) is 0 Å². The summed E-state index contributed by atoms with van der Waals surface area (Å²) in [5, 5.41) is 7.38. The second-order valence-electron chi connectivity index (χ2n) is 6.90. The molecule has 31 heavy (non-hydrogen) atoms. The van der Waals surface area contributed by atoms with Crippen LogP contribution in [0.2, 0.25) is 5.02 Å². The number of anilines is 1. The Labute approximate surface area is 182 Å². The van der Waals surface area contributed by atoms with Crippen molar-refractivity contribution in [2.75, 3.05) is 5.32 Å². The summed E-state index contributed by atoms with van der Waals surface area (Å²) in [5.41, 5.74) is 3.75. The van der Waals surface area contributed by atoms with Gasteiger partial charge in [-0.1, -0.05) is 47.1 Å². The highest BCUT2D eigenvalue weighted by Gasteiger charge is 2.23. The van der Waals surface area contributed by atoms with Crippen LogP contribution in [0.5, 0.6) is 0 Å². The third-order valence-corrected chi connectivity index (χ3v) is 5.25. The number of imidazole rings is 1. The molecule has 0 saturated heterocycles. The Bertz CT molecular complexity index is 1410.